The molecule has 1 fully saturated rings. The first-order valence-electron chi connectivity index (χ1n) is 10.4. The lowest BCUT2D eigenvalue weighted by Crippen LogP contribution is -2.38. The molecule has 1 aliphatic rings. The van der Waals surface area contributed by atoms with Crippen molar-refractivity contribution in [3.63, 3.8) is 0 Å². The minimum absolute atomic E-state index is 0.0776. The molecule has 2 amide bonds. The molecule has 1 aliphatic heterocycles. The number of nitrogens with one attached hydrogen (secondary N) is 1. The van der Waals surface area contributed by atoms with Gasteiger partial charge in [0.05, 0.1) is 0 Å². The van der Waals surface area contributed by atoms with Gasteiger partial charge in [0.25, 0.3) is 11.8 Å². The number of benzene rings is 1. The van der Waals surface area contributed by atoms with E-state index in [9.17, 15) is 18.4 Å². The molecule has 0 unspecified atom stereocenters. The van der Waals surface area contributed by atoms with E-state index in [1.807, 2.05) is 0 Å². The number of alkyl halides is 2. The van der Waals surface area contributed by atoms with Crippen molar-refractivity contribution in [2.75, 3.05) is 13.1 Å². The molecule has 2 aromatic heterocycles. The molecule has 0 aliphatic carbocycles. The van der Waals surface area contributed by atoms with Gasteiger partial charge >= 0.3 is 5.92 Å². The SMILES string of the molecule is O=C(c1coc(-c2ccc(CNC(=O)C(F)(F)c3ccccn3)cc2)n1)N1CCCCC1. The smallest absolute Gasteiger partial charge is 0.366 e. The Morgan fingerprint density at radius 3 is 2.50 bits per heavy atom. The highest BCUT2D eigenvalue weighted by Crippen LogP contribution is 2.26. The topological polar surface area (TPSA) is 88.3 Å². The third-order valence-corrected chi connectivity index (χ3v) is 5.29. The molecule has 1 aromatic carbocycles. The number of carbonyl (C=O) groups excluding carboxylic acids is 2. The van der Waals surface area contributed by atoms with Crippen LogP contribution in [0.5, 0.6) is 0 Å². The third kappa shape index (κ3) is 4.66. The van der Waals surface area contributed by atoms with Gasteiger partial charge in [-0.25, -0.2) is 4.98 Å². The Hall–Kier alpha value is -3.62. The second-order valence-electron chi connectivity index (χ2n) is 7.56. The molecule has 166 valence electrons. The minimum atomic E-state index is -3.73. The first-order chi connectivity index (χ1) is 15.4. The lowest BCUT2D eigenvalue weighted by Gasteiger charge is -2.25. The summed E-state index contributed by atoms with van der Waals surface area (Å²) >= 11 is 0. The molecule has 1 saturated heterocycles. The van der Waals surface area contributed by atoms with Crippen molar-refractivity contribution < 1.29 is 22.8 Å². The molecule has 1 N–H and O–H groups in total. The maximum atomic E-state index is 14.2. The second kappa shape index (κ2) is 9.25. The van der Waals surface area contributed by atoms with Gasteiger partial charge in [0.1, 0.15) is 12.0 Å². The maximum Gasteiger partial charge on any atom is 0.366 e. The number of halogens is 2. The summed E-state index contributed by atoms with van der Waals surface area (Å²) in [7, 11) is 0. The van der Waals surface area contributed by atoms with Gasteiger partial charge in [0.2, 0.25) is 5.89 Å². The van der Waals surface area contributed by atoms with Crippen molar-refractivity contribution >= 4 is 11.8 Å². The standard InChI is InChI=1S/C23H22F2N4O3/c24-23(25,19-6-2-3-11-26-19)22(31)27-14-16-7-9-17(10-8-16)20-28-18(15-32-20)21(30)29-12-4-1-5-13-29/h2-3,6-11,15H,1,4-5,12-14H2,(H,27,31). The Balaban J connectivity index is 1.37. The number of rotatable bonds is 6. The maximum absolute atomic E-state index is 14.2. The van der Waals surface area contributed by atoms with Crippen molar-refractivity contribution in [3.8, 4) is 11.5 Å². The van der Waals surface area contributed by atoms with Crippen molar-refractivity contribution in [1.29, 1.82) is 0 Å². The fourth-order valence-corrected chi connectivity index (χ4v) is 3.49. The fourth-order valence-electron chi connectivity index (χ4n) is 3.49. The quantitative estimate of drug-likeness (QED) is 0.630. The Morgan fingerprint density at radius 2 is 1.81 bits per heavy atom. The van der Waals surface area contributed by atoms with Crippen molar-refractivity contribution in [2.45, 2.75) is 31.7 Å². The summed E-state index contributed by atoms with van der Waals surface area (Å²) in [6.45, 7) is 1.37. The lowest BCUT2D eigenvalue weighted by atomic mass is 10.1. The summed E-state index contributed by atoms with van der Waals surface area (Å²) < 4.78 is 33.9. The Labute approximate surface area is 183 Å². The summed E-state index contributed by atoms with van der Waals surface area (Å²) in [6.07, 6.45) is 5.66. The molecule has 7 nitrogen and oxygen atoms in total. The molecule has 0 saturated carbocycles. The van der Waals surface area contributed by atoms with E-state index < -0.39 is 17.5 Å². The summed E-state index contributed by atoms with van der Waals surface area (Å²) in [6, 6.07) is 10.7. The predicted molar refractivity (Wildman–Crippen MR) is 112 cm³/mol. The first-order valence-corrected chi connectivity index (χ1v) is 10.4. The van der Waals surface area contributed by atoms with Crippen LogP contribution >= 0.6 is 0 Å². The van der Waals surface area contributed by atoms with E-state index in [0.717, 1.165) is 38.4 Å². The Kier molecular flexibility index (Phi) is 6.25. The van der Waals surface area contributed by atoms with Gasteiger partial charge < -0.3 is 14.6 Å². The molecule has 0 atom stereocenters. The van der Waals surface area contributed by atoms with Crippen LogP contribution in [-0.2, 0) is 17.3 Å². The number of carbonyl (C=O) groups is 2. The van der Waals surface area contributed by atoms with E-state index in [1.165, 1.54) is 24.6 Å². The Morgan fingerprint density at radius 1 is 1.06 bits per heavy atom. The van der Waals surface area contributed by atoms with Gasteiger partial charge in [0.15, 0.2) is 5.69 Å². The highest BCUT2D eigenvalue weighted by Gasteiger charge is 2.42. The van der Waals surface area contributed by atoms with E-state index in [4.69, 9.17) is 4.42 Å². The van der Waals surface area contributed by atoms with E-state index in [-0.39, 0.29) is 18.1 Å². The zero-order valence-corrected chi connectivity index (χ0v) is 17.3. The van der Waals surface area contributed by atoms with Gasteiger partial charge in [0, 0.05) is 31.4 Å². The van der Waals surface area contributed by atoms with Crippen LogP contribution in [-0.4, -0.2) is 39.8 Å². The summed E-state index contributed by atoms with van der Waals surface area (Å²) in [4.78, 5) is 34.1. The van der Waals surface area contributed by atoms with Crippen molar-refractivity contribution in [3.05, 3.63) is 71.9 Å². The number of aromatic nitrogens is 2. The largest absolute Gasteiger partial charge is 0.444 e. The van der Waals surface area contributed by atoms with Gasteiger partial charge in [-0.1, -0.05) is 18.2 Å². The molecule has 0 spiro atoms. The van der Waals surface area contributed by atoms with Crippen LogP contribution in [0, 0.1) is 0 Å². The molecule has 0 radical (unpaired) electrons. The average molecular weight is 440 g/mol. The lowest BCUT2D eigenvalue weighted by molar-refractivity contribution is -0.147. The number of hydrogen-bond acceptors (Lipinski definition) is 5. The second-order valence-corrected chi connectivity index (χ2v) is 7.56. The molecule has 4 rings (SSSR count). The Bertz CT molecular complexity index is 1080. The normalized spacial score (nSPS) is 14.2. The van der Waals surface area contributed by atoms with Crippen LogP contribution in [0.25, 0.3) is 11.5 Å². The van der Waals surface area contributed by atoms with Gasteiger partial charge in [-0.05, 0) is 49.1 Å². The predicted octanol–water partition coefficient (Wildman–Crippen LogP) is 3.77. The number of hydrogen-bond donors (Lipinski definition) is 1. The van der Waals surface area contributed by atoms with Crippen LogP contribution < -0.4 is 5.32 Å². The number of likely N-dealkylation sites (tertiary alicyclic amines) is 1. The van der Waals surface area contributed by atoms with E-state index in [2.05, 4.69) is 15.3 Å². The molecule has 3 heterocycles. The van der Waals surface area contributed by atoms with Gasteiger partial charge in [-0.15, -0.1) is 0 Å². The summed E-state index contributed by atoms with van der Waals surface area (Å²) in [5.41, 5.74) is 0.910. The molecular formula is C23H22F2N4O3. The molecule has 9 heteroatoms. The van der Waals surface area contributed by atoms with Crippen LogP contribution in [0.1, 0.15) is 41.0 Å². The molecule has 32 heavy (non-hydrogen) atoms. The number of nitrogens with zero attached hydrogens (tertiary/aromatic N) is 3. The van der Waals surface area contributed by atoms with E-state index in [0.29, 0.717) is 17.0 Å². The monoisotopic (exact) mass is 440 g/mol. The van der Waals surface area contributed by atoms with E-state index in [1.54, 1.807) is 29.2 Å². The highest BCUT2D eigenvalue weighted by molar-refractivity contribution is 5.92. The van der Waals surface area contributed by atoms with Crippen LogP contribution in [0.3, 0.4) is 0 Å². The number of pyridine rings is 1. The zero-order valence-electron chi connectivity index (χ0n) is 17.3. The first kappa shape index (κ1) is 21.6. The number of piperidine rings is 1. The minimum Gasteiger partial charge on any atom is -0.444 e. The average Bonchev–Trinajstić information content (AvgIpc) is 3.34. The molecule has 3 aromatic rings. The third-order valence-electron chi connectivity index (χ3n) is 5.29. The van der Waals surface area contributed by atoms with Gasteiger partial charge in [-0.3, -0.25) is 14.6 Å². The van der Waals surface area contributed by atoms with Crippen LogP contribution in [0.4, 0.5) is 8.78 Å². The number of oxazole rings is 1. The zero-order chi connectivity index (χ0) is 22.6. The summed E-state index contributed by atoms with van der Waals surface area (Å²) in [5, 5.41) is 2.23. The van der Waals surface area contributed by atoms with Crippen molar-refractivity contribution in [1.82, 2.24) is 20.2 Å². The van der Waals surface area contributed by atoms with Crippen LogP contribution in [0.2, 0.25) is 0 Å². The number of amides is 2. The molecular weight excluding hydrogens is 418 g/mol. The molecule has 0 bridgehead atoms. The van der Waals surface area contributed by atoms with E-state index >= 15 is 0 Å². The fraction of sp³-hybridized carbons (Fsp3) is 0.304. The van der Waals surface area contributed by atoms with Crippen molar-refractivity contribution in [2.24, 2.45) is 0 Å². The van der Waals surface area contributed by atoms with Crippen LogP contribution in [0.15, 0.2) is 59.3 Å². The van der Waals surface area contributed by atoms with Gasteiger partial charge in [-0.2, -0.15) is 8.78 Å². The highest BCUT2D eigenvalue weighted by atomic mass is 19.3. The summed E-state index contributed by atoms with van der Waals surface area (Å²) in [5.74, 6) is -5.00.